The molecule has 0 saturated heterocycles. The Morgan fingerprint density at radius 3 is 2.19 bits per heavy atom. The molecule has 1 atom stereocenters. The molecule has 0 aliphatic heterocycles. The number of hydrogen-bond donors (Lipinski definition) is 1. The number of Topliss-reactive ketones (excluding diaryl/α,β-unsaturated/α-hetero) is 1. The van der Waals surface area contributed by atoms with Crippen molar-refractivity contribution in [2.45, 2.75) is 12.1 Å². The second-order valence-electron chi connectivity index (χ2n) is 5.09. The highest BCUT2D eigenvalue weighted by atomic mass is 35.5. The molecule has 0 unspecified atom stereocenters. The number of rotatable bonds is 4. The Labute approximate surface area is 156 Å². The summed E-state index contributed by atoms with van der Waals surface area (Å²) in [5, 5.41) is 11.3. The number of hydrogen-bond acceptors (Lipinski definition) is 3. The minimum Gasteiger partial charge on any atom is -0.319 e. The van der Waals surface area contributed by atoms with Gasteiger partial charge in [-0.1, -0.05) is 35.3 Å². The molecule has 9 heteroatoms. The first-order valence-electron chi connectivity index (χ1n) is 7.01. The molecule has 4 nitrogen and oxygen atoms in total. The summed E-state index contributed by atoms with van der Waals surface area (Å²) in [6, 6.07) is 9.68. The third-order valence-corrected chi connectivity index (χ3v) is 4.01. The standard InChI is InChI=1S/C17H9Cl2F3N2O2/c18-12-5-2-6-13(19)14(12)11(8-23)15(25)16(26)24-10-4-1-3-9(7-10)17(20,21)22/h1-7,11H,(H,24,26)/t11-/m1/s1. The van der Waals surface area contributed by atoms with Crippen LogP contribution in [-0.4, -0.2) is 11.7 Å². The summed E-state index contributed by atoms with van der Waals surface area (Å²) in [7, 11) is 0. The molecule has 0 aromatic heterocycles. The van der Waals surface area contributed by atoms with Crippen LogP contribution in [0.1, 0.15) is 17.0 Å². The van der Waals surface area contributed by atoms with Crippen molar-refractivity contribution in [3.05, 3.63) is 63.6 Å². The Balaban J connectivity index is 2.27. The third kappa shape index (κ3) is 4.34. The van der Waals surface area contributed by atoms with E-state index in [0.29, 0.717) is 6.07 Å². The van der Waals surface area contributed by atoms with E-state index in [1.165, 1.54) is 24.3 Å². The Morgan fingerprint density at radius 2 is 1.65 bits per heavy atom. The van der Waals surface area contributed by atoms with Crippen molar-refractivity contribution in [1.82, 2.24) is 0 Å². The van der Waals surface area contributed by atoms with Gasteiger partial charge in [0.15, 0.2) is 0 Å². The summed E-state index contributed by atoms with van der Waals surface area (Å²) < 4.78 is 38.1. The second-order valence-corrected chi connectivity index (χ2v) is 5.91. The highest BCUT2D eigenvalue weighted by Crippen LogP contribution is 2.33. The molecular formula is C17H9Cl2F3N2O2. The third-order valence-electron chi connectivity index (χ3n) is 3.35. The van der Waals surface area contributed by atoms with Gasteiger partial charge >= 0.3 is 6.18 Å². The maximum atomic E-state index is 12.7. The van der Waals surface area contributed by atoms with E-state index in [4.69, 9.17) is 23.2 Å². The van der Waals surface area contributed by atoms with Crippen molar-refractivity contribution in [3.8, 4) is 6.07 Å². The molecule has 0 aliphatic rings. The summed E-state index contributed by atoms with van der Waals surface area (Å²) in [4.78, 5) is 24.4. The number of alkyl halides is 3. The lowest BCUT2D eigenvalue weighted by atomic mass is 9.95. The van der Waals surface area contributed by atoms with Gasteiger partial charge in [-0.25, -0.2) is 0 Å². The zero-order valence-corrected chi connectivity index (χ0v) is 14.3. The van der Waals surface area contributed by atoms with E-state index >= 15 is 0 Å². The molecule has 0 fully saturated rings. The van der Waals surface area contributed by atoms with E-state index in [0.717, 1.165) is 12.1 Å². The predicted octanol–water partition coefficient (Wildman–Crippen LogP) is 4.83. The fourth-order valence-corrected chi connectivity index (χ4v) is 2.75. The van der Waals surface area contributed by atoms with Crippen LogP contribution in [0.3, 0.4) is 0 Å². The van der Waals surface area contributed by atoms with E-state index in [-0.39, 0.29) is 21.3 Å². The smallest absolute Gasteiger partial charge is 0.319 e. The van der Waals surface area contributed by atoms with Crippen molar-refractivity contribution >= 4 is 40.6 Å². The summed E-state index contributed by atoms with van der Waals surface area (Å²) in [5.74, 6) is -4.05. The highest BCUT2D eigenvalue weighted by molar-refractivity contribution is 6.44. The monoisotopic (exact) mass is 400 g/mol. The average molecular weight is 401 g/mol. The molecule has 2 rings (SSSR count). The normalized spacial score (nSPS) is 12.2. The fourth-order valence-electron chi connectivity index (χ4n) is 2.14. The Bertz CT molecular complexity index is 887. The molecule has 1 amide bonds. The van der Waals surface area contributed by atoms with Gasteiger partial charge in [0.2, 0.25) is 5.78 Å². The largest absolute Gasteiger partial charge is 0.416 e. The molecular weight excluding hydrogens is 392 g/mol. The van der Waals surface area contributed by atoms with Crippen molar-refractivity contribution in [2.24, 2.45) is 0 Å². The predicted molar refractivity (Wildman–Crippen MR) is 89.9 cm³/mol. The van der Waals surface area contributed by atoms with Gasteiger partial charge in [-0.3, -0.25) is 9.59 Å². The van der Waals surface area contributed by atoms with Crippen LogP contribution in [0.2, 0.25) is 10.0 Å². The number of carbonyl (C=O) groups excluding carboxylic acids is 2. The van der Waals surface area contributed by atoms with Crippen LogP contribution in [0.4, 0.5) is 18.9 Å². The molecule has 0 radical (unpaired) electrons. The number of nitriles is 1. The van der Waals surface area contributed by atoms with Crippen LogP contribution in [0, 0.1) is 11.3 Å². The summed E-state index contributed by atoms with van der Waals surface area (Å²) in [6.45, 7) is 0. The van der Waals surface area contributed by atoms with Crippen LogP contribution in [0.5, 0.6) is 0 Å². The van der Waals surface area contributed by atoms with Gasteiger partial charge in [-0.15, -0.1) is 0 Å². The molecule has 26 heavy (non-hydrogen) atoms. The van der Waals surface area contributed by atoms with E-state index in [9.17, 15) is 28.0 Å². The van der Waals surface area contributed by atoms with Crippen molar-refractivity contribution < 1.29 is 22.8 Å². The molecule has 0 spiro atoms. The average Bonchev–Trinajstić information content (AvgIpc) is 2.57. The number of nitrogens with zero attached hydrogens (tertiary/aromatic N) is 1. The van der Waals surface area contributed by atoms with Gasteiger partial charge in [0, 0.05) is 21.3 Å². The van der Waals surface area contributed by atoms with E-state index in [1.54, 1.807) is 6.07 Å². The van der Waals surface area contributed by atoms with Gasteiger partial charge in [-0.05, 0) is 30.3 Å². The Morgan fingerprint density at radius 1 is 1.08 bits per heavy atom. The van der Waals surface area contributed by atoms with E-state index in [1.807, 2.05) is 0 Å². The molecule has 2 aromatic carbocycles. The molecule has 0 heterocycles. The number of carbonyl (C=O) groups is 2. The lowest BCUT2D eigenvalue weighted by Crippen LogP contribution is -2.28. The molecule has 0 aliphatic carbocycles. The Hall–Kier alpha value is -2.56. The van der Waals surface area contributed by atoms with Crippen molar-refractivity contribution in [2.75, 3.05) is 5.32 Å². The van der Waals surface area contributed by atoms with Crippen molar-refractivity contribution in [1.29, 1.82) is 5.26 Å². The number of nitrogens with one attached hydrogen (secondary N) is 1. The first-order valence-corrected chi connectivity index (χ1v) is 7.76. The van der Waals surface area contributed by atoms with Crippen LogP contribution >= 0.6 is 23.2 Å². The first-order chi connectivity index (χ1) is 12.1. The minimum absolute atomic E-state index is 0.0178. The number of halogens is 5. The van der Waals surface area contributed by atoms with Crippen LogP contribution < -0.4 is 5.32 Å². The van der Waals surface area contributed by atoms with Gasteiger partial charge < -0.3 is 5.32 Å². The summed E-state index contributed by atoms with van der Waals surface area (Å²) >= 11 is 11.9. The van der Waals surface area contributed by atoms with Crippen molar-refractivity contribution in [3.63, 3.8) is 0 Å². The first kappa shape index (κ1) is 19.8. The minimum atomic E-state index is -4.61. The SMILES string of the molecule is N#C[C@@H](C(=O)C(=O)Nc1cccc(C(F)(F)F)c1)c1c(Cl)cccc1Cl. The van der Waals surface area contributed by atoms with Crippen LogP contribution in [-0.2, 0) is 15.8 Å². The Kier molecular flexibility index (Phi) is 5.90. The summed E-state index contributed by atoms with van der Waals surface area (Å²) in [5.41, 5.74) is -1.27. The lowest BCUT2D eigenvalue weighted by Gasteiger charge is -2.13. The van der Waals surface area contributed by atoms with Gasteiger partial charge in [-0.2, -0.15) is 18.4 Å². The van der Waals surface area contributed by atoms with Gasteiger partial charge in [0.25, 0.3) is 5.91 Å². The lowest BCUT2D eigenvalue weighted by molar-refractivity contribution is -0.137. The molecule has 0 bridgehead atoms. The quantitative estimate of drug-likeness (QED) is 0.747. The second kappa shape index (κ2) is 7.77. The molecule has 2 aromatic rings. The topological polar surface area (TPSA) is 70.0 Å². The number of anilines is 1. The maximum absolute atomic E-state index is 12.7. The number of amides is 1. The fraction of sp³-hybridized carbons (Fsp3) is 0.118. The zero-order valence-electron chi connectivity index (χ0n) is 12.8. The van der Waals surface area contributed by atoms with Crippen LogP contribution in [0.25, 0.3) is 0 Å². The molecule has 134 valence electrons. The highest BCUT2D eigenvalue weighted by Gasteiger charge is 2.32. The van der Waals surface area contributed by atoms with Gasteiger partial charge in [0.1, 0.15) is 5.92 Å². The van der Waals surface area contributed by atoms with Crippen LogP contribution in [0.15, 0.2) is 42.5 Å². The number of ketones is 1. The molecule has 1 N–H and O–H groups in total. The summed E-state index contributed by atoms with van der Waals surface area (Å²) in [6.07, 6.45) is -4.61. The van der Waals surface area contributed by atoms with Gasteiger partial charge in [0.05, 0.1) is 11.6 Å². The number of benzene rings is 2. The van der Waals surface area contributed by atoms with E-state index in [2.05, 4.69) is 5.32 Å². The van der Waals surface area contributed by atoms with E-state index < -0.39 is 29.3 Å². The molecule has 0 saturated carbocycles. The maximum Gasteiger partial charge on any atom is 0.416 e. The zero-order chi connectivity index (χ0) is 19.5.